The van der Waals surface area contributed by atoms with E-state index in [0.717, 1.165) is 28.5 Å². The van der Waals surface area contributed by atoms with Crippen LogP contribution in [0, 0.1) is 0 Å². The zero-order chi connectivity index (χ0) is 17.1. The van der Waals surface area contributed by atoms with E-state index in [4.69, 9.17) is 9.47 Å². The highest BCUT2D eigenvalue weighted by Crippen LogP contribution is 2.30. The molecule has 1 saturated heterocycles. The Bertz CT molecular complexity index is 768. The third-order valence-electron chi connectivity index (χ3n) is 3.89. The summed E-state index contributed by atoms with van der Waals surface area (Å²) in [5, 5.41) is 3.60. The first-order valence-corrected chi connectivity index (χ1v) is 8.37. The SMILES string of the molecule is COC(=O)c1[nH]c2ccc(Br)cc2c1NC(=O)CN1CCOCC1. The van der Waals surface area contributed by atoms with Crippen LogP contribution in [0.4, 0.5) is 5.69 Å². The molecule has 0 aliphatic carbocycles. The van der Waals surface area contributed by atoms with E-state index in [1.165, 1.54) is 7.11 Å². The van der Waals surface area contributed by atoms with Gasteiger partial charge in [0.15, 0.2) is 0 Å². The zero-order valence-corrected chi connectivity index (χ0v) is 14.8. The predicted octanol–water partition coefficient (Wildman–Crippen LogP) is 1.99. The first-order chi connectivity index (χ1) is 11.6. The number of H-pyrrole nitrogens is 1. The molecule has 0 bridgehead atoms. The number of amides is 1. The van der Waals surface area contributed by atoms with E-state index >= 15 is 0 Å². The number of rotatable bonds is 4. The van der Waals surface area contributed by atoms with Crippen LogP contribution in [0.25, 0.3) is 10.9 Å². The number of halogens is 1. The maximum Gasteiger partial charge on any atom is 0.356 e. The molecule has 0 saturated carbocycles. The van der Waals surface area contributed by atoms with E-state index in [9.17, 15) is 9.59 Å². The maximum absolute atomic E-state index is 12.4. The van der Waals surface area contributed by atoms with Gasteiger partial charge < -0.3 is 19.8 Å². The molecule has 1 aliphatic heterocycles. The molecule has 1 aromatic carbocycles. The number of anilines is 1. The van der Waals surface area contributed by atoms with Gasteiger partial charge in [-0.25, -0.2) is 4.79 Å². The Hall–Kier alpha value is -1.90. The molecule has 0 radical (unpaired) electrons. The van der Waals surface area contributed by atoms with Crippen LogP contribution in [0.5, 0.6) is 0 Å². The van der Waals surface area contributed by atoms with Crippen molar-refractivity contribution in [3.8, 4) is 0 Å². The number of esters is 1. The van der Waals surface area contributed by atoms with Crippen molar-refractivity contribution in [2.75, 3.05) is 45.3 Å². The Balaban J connectivity index is 1.87. The summed E-state index contributed by atoms with van der Waals surface area (Å²) in [5.41, 5.74) is 1.43. The summed E-state index contributed by atoms with van der Waals surface area (Å²) in [7, 11) is 1.31. The number of hydrogen-bond donors (Lipinski definition) is 2. The van der Waals surface area contributed by atoms with Gasteiger partial charge in [0.25, 0.3) is 0 Å². The Morgan fingerprint density at radius 3 is 2.83 bits per heavy atom. The van der Waals surface area contributed by atoms with Crippen LogP contribution < -0.4 is 5.32 Å². The lowest BCUT2D eigenvalue weighted by Gasteiger charge is -2.25. The molecule has 1 fully saturated rings. The Morgan fingerprint density at radius 1 is 1.38 bits per heavy atom. The van der Waals surface area contributed by atoms with Crippen molar-refractivity contribution in [2.45, 2.75) is 0 Å². The van der Waals surface area contributed by atoms with E-state index in [-0.39, 0.29) is 18.1 Å². The molecule has 2 heterocycles. The second-order valence-electron chi connectivity index (χ2n) is 5.49. The largest absolute Gasteiger partial charge is 0.464 e. The lowest BCUT2D eigenvalue weighted by Crippen LogP contribution is -2.41. The summed E-state index contributed by atoms with van der Waals surface area (Å²) in [6.07, 6.45) is 0. The molecule has 3 rings (SSSR count). The number of morpholine rings is 1. The zero-order valence-electron chi connectivity index (χ0n) is 13.2. The summed E-state index contributed by atoms with van der Waals surface area (Å²) in [6, 6.07) is 5.55. The first kappa shape index (κ1) is 16.9. The van der Waals surface area contributed by atoms with Gasteiger partial charge in [-0.2, -0.15) is 0 Å². The molecule has 0 atom stereocenters. The summed E-state index contributed by atoms with van der Waals surface area (Å²) in [6.45, 7) is 2.94. The fourth-order valence-corrected chi connectivity index (χ4v) is 3.05. The number of fused-ring (bicyclic) bond motifs is 1. The van der Waals surface area contributed by atoms with Crippen LogP contribution in [0.15, 0.2) is 22.7 Å². The lowest BCUT2D eigenvalue weighted by atomic mass is 10.2. The number of hydrogen-bond acceptors (Lipinski definition) is 5. The molecule has 7 nitrogen and oxygen atoms in total. The molecule has 1 amide bonds. The van der Waals surface area contributed by atoms with Crippen LogP contribution in [0.2, 0.25) is 0 Å². The molecule has 8 heteroatoms. The average Bonchev–Trinajstić information content (AvgIpc) is 2.93. The molecule has 128 valence electrons. The number of aromatic amines is 1. The quantitative estimate of drug-likeness (QED) is 0.773. The fraction of sp³-hybridized carbons (Fsp3) is 0.375. The monoisotopic (exact) mass is 395 g/mol. The van der Waals surface area contributed by atoms with Gasteiger partial charge in [-0.15, -0.1) is 0 Å². The lowest BCUT2D eigenvalue weighted by molar-refractivity contribution is -0.118. The van der Waals surface area contributed by atoms with Gasteiger partial charge in [0, 0.05) is 28.5 Å². The molecule has 1 aromatic heterocycles. The van der Waals surface area contributed by atoms with E-state index < -0.39 is 5.97 Å². The van der Waals surface area contributed by atoms with Crippen molar-refractivity contribution in [1.82, 2.24) is 9.88 Å². The number of benzene rings is 1. The molecule has 2 N–H and O–H groups in total. The summed E-state index contributed by atoms with van der Waals surface area (Å²) < 4.78 is 10.9. The van der Waals surface area contributed by atoms with Gasteiger partial charge in [-0.05, 0) is 18.2 Å². The number of aromatic nitrogens is 1. The van der Waals surface area contributed by atoms with Crippen molar-refractivity contribution in [2.24, 2.45) is 0 Å². The Morgan fingerprint density at radius 2 is 2.12 bits per heavy atom. The molecule has 0 spiro atoms. The molecular formula is C16H18BrN3O4. The minimum atomic E-state index is -0.524. The highest BCUT2D eigenvalue weighted by atomic mass is 79.9. The molecule has 1 aliphatic rings. The van der Waals surface area contributed by atoms with Crippen LogP contribution in [0.3, 0.4) is 0 Å². The Labute approximate surface area is 147 Å². The van der Waals surface area contributed by atoms with Gasteiger partial charge in [0.2, 0.25) is 5.91 Å². The fourth-order valence-electron chi connectivity index (χ4n) is 2.69. The minimum absolute atomic E-state index is 0.178. The van der Waals surface area contributed by atoms with Gasteiger partial charge in [-0.1, -0.05) is 15.9 Å². The second kappa shape index (κ2) is 7.33. The highest BCUT2D eigenvalue weighted by Gasteiger charge is 2.22. The van der Waals surface area contributed by atoms with E-state index in [0.29, 0.717) is 18.9 Å². The third kappa shape index (κ3) is 3.61. The van der Waals surface area contributed by atoms with Gasteiger partial charge in [0.1, 0.15) is 5.69 Å². The number of nitrogens with zero attached hydrogens (tertiary/aromatic N) is 1. The predicted molar refractivity (Wildman–Crippen MR) is 93.2 cm³/mol. The number of ether oxygens (including phenoxy) is 2. The minimum Gasteiger partial charge on any atom is -0.464 e. The van der Waals surface area contributed by atoms with Gasteiger partial charge in [0.05, 0.1) is 32.6 Å². The highest BCUT2D eigenvalue weighted by molar-refractivity contribution is 9.10. The van der Waals surface area contributed by atoms with Gasteiger partial charge >= 0.3 is 5.97 Å². The van der Waals surface area contributed by atoms with Crippen LogP contribution in [-0.4, -0.2) is 61.7 Å². The number of carbonyl (C=O) groups excluding carboxylic acids is 2. The number of nitrogens with one attached hydrogen (secondary N) is 2. The van der Waals surface area contributed by atoms with Crippen LogP contribution >= 0.6 is 15.9 Å². The topological polar surface area (TPSA) is 83.7 Å². The molecule has 24 heavy (non-hydrogen) atoms. The van der Waals surface area contributed by atoms with Crippen LogP contribution in [0.1, 0.15) is 10.5 Å². The van der Waals surface area contributed by atoms with E-state index in [1.807, 2.05) is 23.1 Å². The summed E-state index contributed by atoms with van der Waals surface area (Å²) in [5.74, 6) is -0.702. The molecule has 2 aromatic rings. The maximum atomic E-state index is 12.4. The van der Waals surface area contributed by atoms with Crippen molar-refractivity contribution in [1.29, 1.82) is 0 Å². The van der Waals surface area contributed by atoms with Crippen molar-refractivity contribution >= 4 is 44.4 Å². The van der Waals surface area contributed by atoms with Crippen molar-refractivity contribution in [3.63, 3.8) is 0 Å². The third-order valence-corrected chi connectivity index (χ3v) is 4.38. The molecule has 0 unspecified atom stereocenters. The molecular weight excluding hydrogens is 378 g/mol. The summed E-state index contributed by atoms with van der Waals surface area (Å²) in [4.78, 5) is 29.4. The normalized spacial score (nSPS) is 15.4. The van der Waals surface area contributed by atoms with E-state index in [1.54, 1.807) is 0 Å². The first-order valence-electron chi connectivity index (χ1n) is 7.58. The standard InChI is InChI=1S/C16H18BrN3O4/c1-23-16(22)15-14(11-8-10(17)2-3-12(11)18-15)19-13(21)9-20-4-6-24-7-5-20/h2-3,8,18H,4-7,9H2,1H3,(H,19,21). The smallest absolute Gasteiger partial charge is 0.356 e. The van der Waals surface area contributed by atoms with Crippen molar-refractivity contribution < 1.29 is 19.1 Å². The van der Waals surface area contributed by atoms with E-state index in [2.05, 4.69) is 26.2 Å². The second-order valence-corrected chi connectivity index (χ2v) is 6.41. The van der Waals surface area contributed by atoms with Crippen molar-refractivity contribution in [3.05, 3.63) is 28.4 Å². The van der Waals surface area contributed by atoms with Gasteiger partial charge in [-0.3, -0.25) is 9.69 Å². The summed E-state index contributed by atoms with van der Waals surface area (Å²) >= 11 is 3.41. The average molecular weight is 396 g/mol. The number of carbonyl (C=O) groups is 2. The van der Waals surface area contributed by atoms with Crippen LogP contribution in [-0.2, 0) is 14.3 Å². The number of methoxy groups -OCH3 is 1. The Kier molecular flexibility index (Phi) is 5.17.